The molecule has 25 heavy (non-hydrogen) atoms. The Morgan fingerprint density at radius 2 is 2.00 bits per heavy atom. The van der Waals surface area contributed by atoms with Crippen molar-refractivity contribution in [3.05, 3.63) is 53.2 Å². The summed E-state index contributed by atoms with van der Waals surface area (Å²) in [4.78, 5) is 16.1. The van der Waals surface area contributed by atoms with Gasteiger partial charge >= 0.3 is 6.18 Å². The molecule has 0 radical (unpaired) electrons. The number of oxazole rings is 1. The van der Waals surface area contributed by atoms with Crippen LogP contribution in [0.4, 0.5) is 13.2 Å². The molecule has 1 atom stereocenters. The van der Waals surface area contributed by atoms with Crippen LogP contribution < -0.4 is 11.1 Å². The van der Waals surface area contributed by atoms with E-state index in [0.717, 1.165) is 12.3 Å². The Labute approximate surface area is 143 Å². The molecule has 1 amide bonds. The van der Waals surface area contributed by atoms with E-state index >= 15 is 0 Å². The molecule has 1 heterocycles. The van der Waals surface area contributed by atoms with E-state index in [4.69, 9.17) is 10.2 Å². The highest BCUT2D eigenvalue weighted by Gasteiger charge is 2.32. The quantitative estimate of drug-likeness (QED) is 0.828. The summed E-state index contributed by atoms with van der Waals surface area (Å²) >= 11 is 0. The molecule has 1 aromatic heterocycles. The molecule has 5 nitrogen and oxygen atoms in total. The van der Waals surface area contributed by atoms with E-state index in [1.54, 1.807) is 0 Å². The van der Waals surface area contributed by atoms with E-state index in [-0.39, 0.29) is 23.7 Å². The van der Waals surface area contributed by atoms with Crippen LogP contribution in [0.15, 0.2) is 34.9 Å². The Balaban J connectivity index is 2.03. The van der Waals surface area contributed by atoms with Gasteiger partial charge in [0.05, 0.1) is 11.6 Å². The summed E-state index contributed by atoms with van der Waals surface area (Å²) in [6.07, 6.45) is -2.69. The van der Waals surface area contributed by atoms with E-state index < -0.39 is 23.7 Å². The molecule has 2 aromatic rings. The lowest BCUT2D eigenvalue weighted by atomic mass is 10.0. The number of aromatic nitrogens is 1. The predicted octanol–water partition coefficient (Wildman–Crippen LogP) is 3.67. The largest absolute Gasteiger partial charge is 0.446 e. The highest BCUT2D eigenvalue weighted by atomic mass is 19.4. The van der Waals surface area contributed by atoms with Crippen LogP contribution in [0.3, 0.4) is 0 Å². The van der Waals surface area contributed by atoms with Gasteiger partial charge in [0.1, 0.15) is 6.26 Å². The molecule has 1 aromatic carbocycles. The van der Waals surface area contributed by atoms with Crippen molar-refractivity contribution in [2.45, 2.75) is 39.0 Å². The van der Waals surface area contributed by atoms with E-state index in [0.29, 0.717) is 12.3 Å². The number of amides is 1. The second-order valence-corrected chi connectivity index (χ2v) is 6.14. The van der Waals surface area contributed by atoms with Crippen LogP contribution in [-0.2, 0) is 12.7 Å². The standard InChI is InChI=1S/C17H20F3N3O2/c1-10(2)7-13(21)16-23-14(9-25-16)15(24)22-8-11-5-3-4-6-12(11)17(18,19)20/h3-6,9-10,13H,7-8,21H2,1-2H3,(H,22,24). The van der Waals surface area contributed by atoms with Gasteiger partial charge in [0.15, 0.2) is 5.69 Å². The third-order valence-corrected chi connectivity index (χ3v) is 3.56. The van der Waals surface area contributed by atoms with Crippen molar-refractivity contribution in [3.63, 3.8) is 0 Å². The van der Waals surface area contributed by atoms with Gasteiger partial charge in [0.25, 0.3) is 5.91 Å². The molecule has 0 bridgehead atoms. The lowest BCUT2D eigenvalue weighted by Crippen LogP contribution is -2.25. The second-order valence-electron chi connectivity index (χ2n) is 6.14. The van der Waals surface area contributed by atoms with Crippen LogP contribution in [0.2, 0.25) is 0 Å². The average Bonchev–Trinajstić information content (AvgIpc) is 3.01. The molecule has 8 heteroatoms. The second kappa shape index (κ2) is 7.69. The minimum atomic E-state index is -4.48. The number of nitrogens with one attached hydrogen (secondary N) is 1. The first-order valence-corrected chi connectivity index (χ1v) is 7.82. The van der Waals surface area contributed by atoms with Crippen LogP contribution in [0.5, 0.6) is 0 Å². The van der Waals surface area contributed by atoms with Gasteiger partial charge in [-0.25, -0.2) is 4.98 Å². The smallest absolute Gasteiger partial charge is 0.416 e. The molecule has 2 rings (SSSR count). The van der Waals surface area contributed by atoms with Crippen LogP contribution in [0.25, 0.3) is 0 Å². The number of benzene rings is 1. The lowest BCUT2D eigenvalue weighted by Gasteiger charge is -2.12. The third-order valence-electron chi connectivity index (χ3n) is 3.56. The maximum absolute atomic E-state index is 12.9. The molecule has 0 aliphatic carbocycles. The monoisotopic (exact) mass is 355 g/mol. The highest BCUT2D eigenvalue weighted by Crippen LogP contribution is 2.31. The number of hydrogen-bond donors (Lipinski definition) is 2. The molecule has 136 valence electrons. The third kappa shape index (κ3) is 5.06. The van der Waals surface area contributed by atoms with Crippen molar-refractivity contribution in [2.75, 3.05) is 0 Å². The van der Waals surface area contributed by atoms with Gasteiger partial charge in [-0.05, 0) is 24.0 Å². The van der Waals surface area contributed by atoms with Crippen molar-refractivity contribution in [1.82, 2.24) is 10.3 Å². The van der Waals surface area contributed by atoms with Crippen LogP contribution in [0.1, 0.15) is 53.8 Å². The Morgan fingerprint density at radius 1 is 1.32 bits per heavy atom. The Kier molecular flexibility index (Phi) is 5.84. The fourth-order valence-corrected chi connectivity index (χ4v) is 2.39. The lowest BCUT2D eigenvalue weighted by molar-refractivity contribution is -0.138. The van der Waals surface area contributed by atoms with Crippen LogP contribution >= 0.6 is 0 Å². The number of carbonyl (C=O) groups excluding carboxylic acids is 1. The molecular formula is C17H20F3N3O2. The zero-order valence-electron chi connectivity index (χ0n) is 13.9. The van der Waals surface area contributed by atoms with Crippen molar-refractivity contribution >= 4 is 5.91 Å². The minimum absolute atomic E-state index is 0.0151. The fourth-order valence-electron chi connectivity index (χ4n) is 2.39. The summed E-state index contributed by atoms with van der Waals surface area (Å²) in [5.74, 6) is -0.0590. The molecule has 1 unspecified atom stereocenters. The van der Waals surface area contributed by atoms with Gasteiger partial charge in [-0.3, -0.25) is 4.79 Å². The van der Waals surface area contributed by atoms with Gasteiger partial charge in [-0.2, -0.15) is 13.2 Å². The molecule has 0 spiro atoms. The Hall–Kier alpha value is -2.35. The number of hydrogen-bond acceptors (Lipinski definition) is 4. The van der Waals surface area contributed by atoms with Gasteiger partial charge in [0, 0.05) is 6.54 Å². The zero-order chi connectivity index (χ0) is 18.6. The fraction of sp³-hybridized carbons (Fsp3) is 0.412. The molecule has 0 aliphatic heterocycles. The number of alkyl halides is 3. The van der Waals surface area contributed by atoms with Gasteiger partial charge in [0.2, 0.25) is 5.89 Å². The normalized spacial score (nSPS) is 13.1. The summed E-state index contributed by atoms with van der Waals surface area (Å²) in [6.45, 7) is 3.72. The number of halogens is 3. The summed E-state index contributed by atoms with van der Waals surface area (Å²) in [6, 6.07) is 4.63. The highest BCUT2D eigenvalue weighted by molar-refractivity contribution is 5.91. The number of carbonyl (C=O) groups is 1. The van der Waals surface area contributed by atoms with E-state index in [2.05, 4.69) is 10.3 Å². The van der Waals surface area contributed by atoms with Crippen molar-refractivity contribution in [3.8, 4) is 0 Å². The Bertz CT molecular complexity index is 726. The van der Waals surface area contributed by atoms with E-state index in [9.17, 15) is 18.0 Å². The van der Waals surface area contributed by atoms with Crippen molar-refractivity contribution in [2.24, 2.45) is 11.7 Å². The molecule has 0 aliphatic rings. The summed E-state index contributed by atoms with van der Waals surface area (Å²) < 4.78 is 44.0. The SMILES string of the molecule is CC(C)CC(N)c1nc(C(=O)NCc2ccccc2C(F)(F)F)co1. The maximum Gasteiger partial charge on any atom is 0.416 e. The Morgan fingerprint density at radius 3 is 2.64 bits per heavy atom. The molecular weight excluding hydrogens is 335 g/mol. The average molecular weight is 355 g/mol. The van der Waals surface area contributed by atoms with Gasteiger partial charge in [-0.1, -0.05) is 32.0 Å². The number of rotatable bonds is 6. The van der Waals surface area contributed by atoms with Gasteiger partial charge < -0.3 is 15.5 Å². The molecule has 0 saturated heterocycles. The van der Waals surface area contributed by atoms with Crippen LogP contribution in [-0.4, -0.2) is 10.9 Å². The number of nitrogens with two attached hydrogens (primary N) is 1. The van der Waals surface area contributed by atoms with Crippen molar-refractivity contribution < 1.29 is 22.4 Å². The van der Waals surface area contributed by atoms with Crippen LogP contribution in [0, 0.1) is 5.92 Å². The van der Waals surface area contributed by atoms with Crippen molar-refractivity contribution in [1.29, 1.82) is 0 Å². The maximum atomic E-state index is 12.9. The first-order valence-electron chi connectivity index (χ1n) is 7.82. The summed E-state index contributed by atoms with van der Waals surface area (Å²) in [5.41, 5.74) is 5.11. The molecule has 3 N–H and O–H groups in total. The van der Waals surface area contributed by atoms with Gasteiger partial charge in [-0.15, -0.1) is 0 Å². The predicted molar refractivity (Wildman–Crippen MR) is 85.5 cm³/mol. The molecule has 0 fully saturated rings. The zero-order valence-corrected chi connectivity index (χ0v) is 13.9. The first kappa shape index (κ1) is 19.0. The minimum Gasteiger partial charge on any atom is -0.446 e. The first-order chi connectivity index (χ1) is 11.7. The summed E-state index contributed by atoms with van der Waals surface area (Å²) in [5, 5.41) is 2.42. The topological polar surface area (TPSA) is 81.1 Å². The molecule has 0 saturated carbocycles. The summed E-state index contributed by atoms with van der Waals surface area (Å²) in [7, 11) is 0. The van der Waals surface area contributed by atoms with E-state index in [1.807, 2.05) is 13.8 Å². The van der Waals surface area contributed by atoms with E-state index in [1.165, 1.54) is 18.2 Å². The number of nitrogens with zero attached hydrogens (tertiary/aromatic N) is 1.